The van der Waals surface area contributed by atoms with Gasteiger partial charge in [-0.1, -0.05) is 49.4 Å². The third kappa shape index (κ3) is 4.59. The van der Waals surface area contributed by atoms with Crippen LogP contribution in [-0.2, 0) is 19.6 Å². The van der Waals surface area contributed by atoms with E-state index in [1.807, 2.05) is 48.5 Å². The molecule has 0 aliphatic heterocycles. The summed E-state index contributed by atoms with van der Waals surface area (Å²) in [5.41, 5.74) is 9.06. The molecule has 1 unspecified atom stereocenters. The largest absolute Gasteiger partial charge is 0.489 e. The first-order valence-corrected chi connectivity index (χ1v) is 7.38. The van der Waals surface area contributed by atoms with E-state index in [-0.39, 0.29) is 12.6 Å². The van der Waals surface area contributed by atoms with Gasteiger partial charge in [-0.3, -0.25) is 0 Å². The van der Waals surface area contributed by atoms with E-state index in [0.29, 0.717) is 6.61 Å². The van der Waals surface area contributed by atoms with Crippen LogP contribution in [0.25, 0.3) is 0 Å². The Kier molecular flexibility index (Phi) is 5.78. The van der Waals surface area contributed by atoms with Crippen LogP contribution in [0.1, 0.15) is 30.0 Å². The second-order valence-electron chi connectivity index (χ2n) is 5.25. The van der Waals surface area contributed by atoms with Gasteiger partial charge < -0.3 is 15.6 Å². The van der Waals surface area contributed by atoms with Crippen LogP contribution >= 0.6 is 0 Å². The van der Waals surface area contributed by atoms with Crippen molar-refractivity contribution in [2.75, 3.05) is 0 Å². The molecule has 0 aliphatic rings. The van der Waals surface area contributed by atoms with Gasteiger partial charge in [0, 0.05) is 11.6 Å². The van der Waals surface area contributed by atoms with Crippen molar-refractivity contribution >= 4 is 0 Å². The second-order valence-corrected chi connectivity index (χ2v) is 5.25. The molecule has 0 aromatic heterocycles. The first kappa shape index (κ1) is 15.5. The molecule has 3 heteroatoms. The van der Waals surface area contributed by atoms with Gasteiger partial charge in [0.05, 0.1) is 6.61 Å². The first-order chi connectivity index (χ1) is 10.2. The van der Waals surface area contributed by atoms with Crippen LogP contribution in [0, 0.1) is 0 Å². The molecule has 0 bridgehead atoms. The Hall–Kier alpha value is -1.84. The molecule has 112 valence electrons. The summed E-state index contributed by atoms with van der Waals surface area (Å²) in [7, 11) is 0. The number of nitrogens with two attached hydrogens (primary N) is 1. The molecule has 3 nitrogen and oxygen atoms in total. The van der Waals surface area contributed by atoms with Crippen molar-refractivity contribution in [3.63, 3.8) is 0 Å². The maximum Gasteiger partial charge on any atom is 0.125 e. The number of aliphatic hydroxyl groups is 1. The summed E-state index contributed by atoms with van der Waals surface area (Å²) in [4.78, 5) is 0. The summed E-state index contributed by atoms with van der Waals surface area (Å²) >= 11 is 0. The van der Waals surface area contributed by atoms with Gasteiger partial charge in [-0.25, -0.2) is 0 Å². The highest BCUT2D eigenvalue weighted by Crippen LogP contribution is 2.23. The van der Waals surface area contributed by atoms with Gasteiger partial charge in [0.25, 0.3) is 0 Å². The van der Waals surface area contributed by atoms with Gasteiger partial charge in [0.2, 0.25) is 0 Å². The number of aliphatic hydroxyl groups excluding tert-OH is 1. The highest BCUT2D eigenvalue weighted by atomic mass is 16.5. The minimum Gasteiger partial charge on any atom is -0.489 e. The molecule has 2 aromatic rings. The van der Waals surface area contributed by atoms with E-state index >= 15 is 0 Å². The number of hydrogen-bond acceptors (Lipinski definition) is 3. The highest BCUT2D eigenvalue weighted by molar-refractivity contribution is 5.37. The topological polar surface area (TPSA) is 55.5 Å². The van der Waals surface area contributed by atoms with Crippen LogP contribution in [0.15, 0.2) is 48.5 Å². The Bertz CT molecular complexity index is 554. The molecule has 0 fully saturated rings. The van der Waals surface area contributed by atoms with Gasteiger partial charge >= 0.3 is 0 Å². The average Bonchev–Trinajstić information content (AvgIpc) is 2.54. The van der Waals surface area contributed by atoms with Crippen LogP contribution in [0.4, 0.5) is 0 Å². The molecule has 0 amide bonds. The van der Waals surface area contributed by atoms with Crippen molar-refractivity contribution in [3.05, 3.63) is 65.2 Å². The van der Waals surface area contributed by atoms with Crippen LogP contribution < -0.4 is 10.5 Å². The quantitative estimate of drug-likeness (QED) is 0.822. The SMILES string of the molecule is CCC(N)Cc1ccc(CO)c(OCc2ccccc2)c1. The lowest BCUT2D eigenvalue weighted by atomic mass is 10.0. The fourth-order valence-corrected chi connectivity index (χ4v) is 2.17. The van der Waals surface area contributed by atoms with Crippen LogP contribution in [0.2, 0.25) is 0 Å². The molecule has 0 saturated carbocycles. The minimum absolute atomic E-state index is 0.0236. The smallest absolute Gasteiger partial charge is 0.125 e. The normalized spacial score (nSPS) is 12.1. The van der Waals surface area contributed by atoms with Gasteiger partial charge in [-0.2, -0.15) is 0 Å². The van der Waals surface area contributed by atoms with E-state index in [4.69, 9.17) is 10.5 Å². The molecule has 1 atom stereocenters. The fraction of sp³-hybridized carbons (Fsp3) is 0.333. The van der Waals surface area contributed by atoms with E-state index in [1.165, 1.54) is 0 Å². The lowest BCUT2D eigenvalue weighted by Crippen LogP contribution is -2.21. The third-order valence-corrected chi connectivity index (χ3v) is 3.56. The van der Waals surface area contributed by atoms with Gasteiger partial charge in [-0.15, -0.1) is 0 Å². The Morgan fingerprint density at radius 3 is 2.52 bits per heavy atom. The van der Waals surface area contributed by atoms with E-state index in [9.17, 15) is 5.11 Å². The van der Waals surface area contributed by atoms with Gasteiger partial charge in [0.15, 0.2) is 0 Å². The summed E-state index contributed by atoms with van der Waals surface area (Å²) in [5, 5.41) is 9.43. The maximum atomic E-state index is 9.43. The van der Waals surface area contributed by atoms with Crippen molar-refractivity contribution in [1.82, 2.24) is 0 Å². The number of ether oxygens (including phenoxy) is 1. The molecule has 0 heterocycles. The molecule has 21 heavy (non-hydrogen) atoms. The standard InChI is InChI=1S/C18H23NO2/c1-2-17(19)10-15-8-9-16(12-20)18(11-15)21-13-14-6-4-3-5-7-14/h3-9,11,17,20H,2,10,12-13,19H2,1H3. The Morgan fingerprint density at radius 1 is 1.10 bits per heavy atom. The number of rotatable bonds is 7. The summed E-state index contributed by atoms with van der Waals surface area (Å²) in [6, 6.07) is 16.1. The lowest BCUT2D eigenvalue weighted by Gasteiger charge is -2.14. The molecule has 0 radical (unpaired) electrons. The predicted molar refractivity (Wildman–Crippen MR) is 85.1 cm³/mol. The van der Waals surface area contributed by atoms with Crippen molar-refractivity contribution in [2.24, 2.45) is 5.73 Å². The van der Waals surface area contributed by atoms with Crippen LogP contribution in [-0.4, -0.2) is 11.1 Å². The summed E-state index contributed by atoms with van der Waals surface area (Å²) < 4.78 is 5.87. The Balaban J connectivity index is 2.10. The summed E-state index contributed by atoms with van der Waals surface area (Å²) in [6.45, 7) is 2.56. The van der Waals surface area contributed by atoms with Crippen molar-refractivity contribution in [1.29, 1.82) is 0 Å². The minimum atomic E-state index is -0.0236. The summed E-state index contributed by atoms with van der Waals surface area (Å²) in [5.74, 6) is 0.738. The monoisotopic (exact) mass is 285 g/mol. The van der Waals surface area contributed by atoms with Crippen LogP contribution in [0.3, 0.4) is 0 Å². The zero-order chi connectivity index (χ0) is 15.1. The fourth-order valence-electron chi connectivity index (χ4n) is 2.17. The predicted octanol–water partition coefficient (Wildman–Crippen LogP) is 3.04. The molecule has 0 aliphatic carbocycles. The number of benzene rings is 2. The van der Waals surface area contributed by atoms with Gasteiger partial charge in [-0.05, 0) is 30.0 Å². The molecule has 3 N–H and O–H groups in total. The van der Waals surface area contributed by atoms with E-state index in [1.54, 1.807) is 0 Å². The molecular formula is C18H23NO2. The van der Waals surface area contributed by atoms with E-state index in [2.05, 4.69) is 6.92 Å². The molecule has 2 aromatic carbocycles. The van der Waals surface area contributed by atoms with Crippen LogP contribution in [0.5, 0.6) is 5.75 Å². The molecule has 0 spiro atoms. The second kappa shape index (κ2) is 7.81. The van der Waals surface area contributed by atoms with Gasteiger partial charge in [0.1, 0.15) is 12.4 Å². The van der Waals surface area contributed by atoms with E-state index < -0.39 is 0 Å². The van der Waals surface area contributed by atoms with Crippen molar-refractivity contribution in [3.8, 4) is 5.75 Å². The van der Waals surface area contributed by atoms with Crippen molar-refractivity contribution in [2.45, 2.75) is 39.0 Å². The zero-order valence-corrected chi connectivity index (χ0v) is 12.5. The Labute approximate surface area is 126 Å². The maximum absolute atomic E-state index is 9.43. The lowest BCUT2D eigenvalue weighted by molar-refractivity contribution is 0.259. The highest BCUT2D eigenvalue weighted by Gasteiger charge is 2.08. The molecule has 2 rings (SSSR count). The third-order valence-electron chi connectivity index (χ3n) is 3.56. The molecule has 0 saturated heterocycles. The average molecular weight is 285 g/mol. The summed E-state index contributed by atoms with van der Waals surface area (Å²) in [6.07, 6.45) is 1.77. The zero-order valence-electron chi connectivity index (χ0n) is 12.5. The Morgan fingerprint density at radius 2 is 1.86 bits per heavy atom. The first-order valence-electron chi connectivity index (χ1n) is 7.38. The molecular weight excluding hydrogens is 262 g/mol. The van der Waals surface area contributed by atoms with E-state index in [0.717, 1.165) is 35.3 Å². The number of hydrogen-bond donors (Lipinski definition) is 2. The van der Waals surface area contributed by atoms with Crippen molar-refractivity contribution < 1.29 is 9.84 Å².